The van der Waals surface area contributed by atoms with Gasteiger partial charge in [-0.15, -0.1) is 0 Å². The number of fused-ring (bicyclic) bond motifs is 7. The van der Waals surface area contributed by atoms with Crippen LogP contribution in [0.3, 0.4) is 0 Å². The smallest absolute Gasteiger partial charge is 0.247 e. The quantitative estimate of drug-likeness (QED) is 0.128. The minimum Gasteiger partial charge on any atom is -0.336 e. The summed E-state index contributed by atoms with van der Waals surface area (Å²) in [5.74, 6) is 0. The molecule has 4 heteroatoms. The van der Waals surface area contributed by atoms with E-state index in [-0.39, 0.29) is 17.5 Å². The Morgan fingerprint density at radius 3 is 1.60 bits per heavy atom. The highest BCUT2D eigenvalue weighted by molar-refractivity contribution is 8.01. The molecule has 0 amide bonds. The fourth-order valence-corrected chi connectivity index (χ4v) is 13.5. The maximum Gasteiger partial charge on any atom is 0.247 e. The fourth-order valence-electron chi connectivity index (χ4n) is 11.0. The summed E-state index contributed by atoms with van der Waals surface area (Å²) in [5.41, 5.74) is 16.1. The van der Waals surface area contributed by atoms with E-state index < -0.39 is 0 Å². The summed E-state index contributed by atoms with van der Waals surface area (Å²) in [6.45, 7) is 15.0. The number of hydrogen-bond donors (Lipinski definition) is 0. The zero-order valence-electron chi connectivity index (χ0n) is 37.7. The van der Waals surface area contributed by atoms with Crippen LogP contribution in [0.15, 0.2) is 189 Å². The topological polar surface area (TPSA) is 4.93 Å². The molecule has 312 valence electrons. The number of hydrogen-bond acceptors (Lipinski definition) is 2. The summed E-state index contributed by atoms with van der Waals surface area (Å²) in [6.07, 6.45) is 0. The summed E-state index contributed by atoms with van der Waals surface area (Å²) in [7, 11) is 0. The molecule has 0 fully saturated rings. The lowest BCUT2D eigenvalue weighted by Crippen LogP contribution is -2.58. The van der Waals surface area contributed by atoms with Crippen LogP contribution in [0.2, 0.25) is 0 Å². The van der Waals surface area contributed by atoms with Gasteiger partial charge in [-0.25, -0.2) is 0 Å². The summed E-state index contributed by atoms with van der Waals surface area (Å²) >= 11 is 3.91. The Morgan fingerprint density at radius 1 is 0.431 bits per heavy atom. The van der Waals surface area contributed by atoms with E-state index >= 15 is 0 Å². The molecule has 0 saturated heterocycles. The molecule has 0 aliphatic carbocycles. The Labute approximate surface area is 390 Å². The lowest BCUT2D eigenvalue weighted by Gasteiger charge is -2.34. The summed E-state index contributed by atoms with van der Waals surface area (Å²) in [6, 6.07) is 65.4. The van der Waals surface area contributed by atoms with E-state index in [1.807, 2.05) is 23.5 Å². The lowest BCUT2D eigenvalue weighted by molar-refractivity contribution is 0.591. The second-order valence-corrected chi connectivity index (χ2v) is 22.7. The van der Waals surface area contributed by atoms with Gasteiger partial charge in [-0.2, -0.15) is 0 Å². The van der Waals surface area contributed by atoms with Gasteiger partial charge in [0.25, 0.3) is 0 Å². The zero-order valence-corrected chi connectivity index (χ0v) is 39.3. The Balaban J connectivity index is 1.03. The molecule has 0 spiro atoms. The molecule has 65 heavy (non-hydrogen) atoms. The second kappa shape index (κ2) is 14.2. The molecular weight excluding hydrogens is 822 g/mol. The van der Waals surface area contributed by atoms with Crippen molar-refractivity contribution in [3.8, 4) is 22.3 Å². The molecule has 2 aliphatic heterocycles. The average Bonchev–Trinajstić information content (AvgIpc) is 3.62. The molecule has 0 bridgehead atoms. The van der Waals surface area contributed by atoms with Crippen molar-refractivity contribution in [3.63, 3.8) is 0 Å². The molecule has 10 aromatic carbocycles. The van der Waals surface area contributed by atoms with Crippen molar-refractivity contribution in [1.29, 1.82) is 0 Å². The molecule has 0 unspecified atom stereocenters. The van der Waals surface area contributed by atoms with Gasteiger partial charge >= 0.3 is 0 Å². The molecule has 0 N–H and O–H groups in total. The predicted octanol–water partition coefficient (Wildman–Crippen LogP) is 15.1. The molecule has 2 aliphatic rings. The SMILES string of the molecule is CC(C)(C)c1cc2ccc3cc(C(C)(C)C)cc4c(-c5ccc6c(c5)B5c7cc(-c8ccccc8)ccc7Sc7cc(Cn8c9ccccc9c9ccccc98)cc(c75)S6)cc(c1)c2c34. The Hall–Kier alpha value is -6.20. The molecule has 0 saturated carbocycles. The van der Waals surface area contributed by atoms with E-state index in [9.17, 15) is 0 Å². The van der Waals surface area contributed by atoms with Gasteiger partial charge < -0.3 is 4.57 Å². The van der Waals surface area contributed by atoms with E-state index in [0.717, 1.165) is 6.54 Å². The normalized spacial score (nSPS) is 13.6. The van der Waals surface area contributed by atoms with Gasteiger partial charge in [0, 0.05) is 47.9 Å². The van der Waals surface area contributed by atoms with E-state index in [0.29, 0.717) is 0 Å². The van der Waals surface area contributed by atoms with Crippen LogP contribution < -0.4 is 16.4 Å². The predicted molar refractivity (Wildman–Crippen MR) is 283 cm³/mol. The second-order valence-electron chi connectivity index (χ2n) is 20.5. The van der Waals surface area contributed by atoms with Crippen LogP contribution in [0, 0.1) is 0 Å². The van der Waals surface area contributed by atoms with E-state index in [1.54, 1.807) is 0 Å². The molecule has 13 rings (SSSR count). The van der Waals surface area contributed by atoms with Crippen LogP contribution in [0.4, 0.5) is 0 Å². The van der Waals surface area contributed by atoms with Gasteiger partial charge in [-0.3, -0.25) is 0 Å². The molecule has 0 atom stereocenters. The van der Waals surface area contributed by atoms with Crippen LogP contribution in [0.1, 0.15) is 58.2 Å². The van der Waals surface area contributed by atoms with Crippen molar-refractivity contribution in [2.45, 2.75) is 78.5 Å². The van der Waals surface area contributed by atoms with Crippen LogP contribution in [-0.4, -0.2) is 11.3 Å². The number of rotatable bonds is 4. The standard InChI is InChI=1S/C61H48BNS2/c1-60(2,3)43-28-40-20-21-41-29-44(61(4,5)6)34-48-47(31-42(30-43)57(40)58(41)48)39-23-25-54-50(33-39)62-49-32-38(37-14-8-7-9-15-37)22-24-53(49)64-55-26-36(27-56(65-54)59(55)62)35-63-51-18-12-10-16-45(51)46-17-11-13-19-52(46)63/h7-34H,35H2,1-6H3. The van der Waals surface area contributed by atoms with E-state index in [2.05, 4.69) is 216 Å². The highest BCUT2D eigenvalue weighted by atomic mass is 32.2. The monoisotopic (exact) mass is 869 g/mol. The first-order valence-corrected chi connectivity index (χ1v) is 24.7. The average molecular weight is 870 g/mol. The first-order chi connectivity index (χ1) is 31.4. The minimum absolute atomic E-state index is 0.00800. The van der Waals surface area contributed by atoms with Crippen molar-refractivity contribution in [1.82, 2.24) is 4.57 Å². The van der Waals surface area contributed by atoms with Gasteiger partial charge in [0.2, 0.25) is 6.71 Å². The third-order valence-corrected chi connectivity index (χ3v) is 16.7. The molecule has 3 heterocycles. The number of benzene rings is 10. The van der Waals surface area contributed by atoms with Crippen molar-refractivity contribution in [2.75, 3.05) is 0 Å². The number of aromatic nitrogens is 1. The van der Waals surface area contributed by atoms with Crippen LogP contribution in [0.25, 0.3) is 76.4 Å². The van der Waals surface area contributed by atoms with E-state index in [4.69, 9.17) is 0 Å². The molecule has 11 aromatic rings. The van der Waals surface area contributed by atoms with Gasteiger partial charge in [0.15, 0.2) is 0 Å². The van der Waals surface area contributed by atoms with Crippen molar-refractivity contribution < 1.29 is 0 Å². The molecule has 1 aromatic heterocycles. The molecule has 1 nitrogen and oxygen atoms in total. The Morgan fingerprint density at radius 2 is 0.969 bits per heavy atom. The maximum absolute atomic E-state index is 2.57. The van der Waals surface area contributed by atoms with Gasteiger partial charge in [0.1, 0.15) is 0 Å². The van der Waals surface area contributed by atoms with Crippen LogP contribution in [-0.2, 0) is 17.4 Å². The third kappa shape index (κ3) is 6.17. The third-order valence-electron chi connectivity index (χ3n) is 14.4. The van der Waals surface area contributed by atoms with Crippen LogP contribution in [0.5, 0.6) is 0 Å². The van der Waals surface area contributed by atoms with Gasteiger partial charge in [-0.1, -0.05) is 197 Å². The first kappa shape index (κ1) is 39.2. The summed E-state index contributed by atoms with van der Waals surface area (Å²) in [5, 5.41) is 10.7. The zero-order chi connectivity index (χ0) is 43.9. The van der Waals surface area contributed by atoms with Crippen molar-refractivity contribution in [2.24, 2.45) is 0 Å². The van der Waals surface area contributed by atoms with Gasteiger partial charge in [0.05, 0.1) is 0 Å². The minimum atomic E-state index is 0.00800. The number of para-hydroxylation sites is 2. The van der Waals surface area contributed by atoms with E-state index in [1.165, 1.54) is 129 Å². The Bertz CT molecular complexity index is 3700. The highest BCUT2D eigenvalue weighted by Crippen LogP contribution is 2.46. The summed E-state index contributed by atoms with van der Waals surface area (Å²) < 4.78 is 2.52. The van der Waals surface area contributed by atoms with Gasteiger partial charge in [-0.05, 0) is 136 Å². The maximum atomic E-state index is 2.57. The fraction of sp³-hybridized carbons (Fsp3) is 0.148. The Kier molecular flexibility index (Phi) is 8.53. The molecular formula is C61H48BNS2. The number of nitrogens with zero attached hydrogens (tertiary/aromatic N) is 1. The van der Waals surface area contributed by atoms with Crippen molar-refractivity contribution in [3.05, 3.63) is 187 Å². The largest absolute Gasteiger partial charge is 0.336 e. The summed E-state index contributed by atoms with van der Waals surface area (Å²) in [4.78, 5) is 5.44. The lowest BCUT2D eigenvalue weighted by atomic mass is 9.36. The highest BCUT2D eigenvalue weighted by Gasteiger charge is 2.39. The first-order valence-electron chi connectivity index (χ1n) is 23.0. The van der Waals surface area contributed by atoms with Crippen molar-refractivity contribution >= 4 is 101 Å². The molecule has 0 radical (unpaired) electrons. The van der Waals surface area contributed by atoms with Crippen LogP contribution >= 0.6 is 23.5 Å².